The Balaban J connectivity index is 1.67. The molecule has 6 nitrogen and oxygen atoms in total. The molecule has 2 aromatic carbocycles. The van der Waals surface area contributed by atoms with E-state index in [1.807, 2.05) is 0 Å². The number of benzene rings is 2. The highest BCUT2D eigenvalue weighted by Crippen LogP contribution is 2.19. The van der Waals surface area contributed by atoms with Crippen LogP contribution in [0.2, 0.25) is 0 Å². The van der Waals surface area contributed by atoms with Gasteiger partial charge in [0.2, 0.25) is 0 Å². The lowest BCUT2D eigenvalue weighted by atomic mass is 10.0. The molecule has 0 spiro atoms. The molecule has 0 amide bonds. The van der Waals surface area contributed by atoms with Crippen molar-refractivity contribution in [2.75, 3.05) is 26.3 Å². The minimum absolute atomic E-state index is 0.0121. The van der Waals surface area contributed by atoms with Crippen molar-refractivity contribution < 1.29 is 18.3 Å². The normalized spacial score (nSPS) is 15.4. The summed E-state index contributed by atoms with van der Waals surface area (Å²) < 4.78 is 26.0. The Labute approximate surface area is 148 Å². The summed E-state index contributed by atoms with van der Waals surface area (Å²) in [7, 11) is 0. The van der Waals surface area contributed by atoms with Crippen molar-refractivity contribution in [3.63, 3.8) is 0 Å². The Kier molecular flexibility index (Phi) is 4.40. The molecule has 3 aromatic rings. The van der Waals surface area contributed by atoms with Gasteiger partial charge in [0, 0.05) is 18.7 Å². The van der Waals surface area contributed by atoms with Crippen molar-refractivity contribution >= 4 is 16.9 Å². The number of ketones is 1. The second-order valence-corrected chi connectivity index (χ2v) is 6.16. The first-order valence-electron chi connectivity index (χ1n) is 8.36. The van der Waals surface area contributed by atoms with E-state index in [-0.39, 0.29) is 11.1 Å². The number of hydrogen-bond donors (Lipinski definition) is 0. The van der Waals surface area contributed by atoms with Crippen molar-refractivity contribution in [3.05, 3.63) is 70.0 Å². The zero-order chi connectivity index (χ0) is 18.1. The molecule has 0 atom stereocenters. The molecule has 4 rings (SSSR count). The maximum atomic E-state index is 13.9. The van der Waals surface area contributed by atoms with Gasteiger partial charge in [0.15, 0.2) is 11.4 Å². The first-order valence-corrected chi connectivity index (χ1v) is 8.36. The Morgan fingerprint density at radius 1 is 1.12 bits per heavy atom. The van der Waals surface area contributed by atoms with Gasteiger partial charge in [0.05, 0.1) is 31.0 Å². The molecule has 0 unspecified atom stereocenters. The van der Waals surface area contributed by atoms with Gasteiger partial charge in [0.25, 0.3) is 0 Å². The fourth-order valence-electron chi connectivity index (χ4n) is 3.08. The molecule has 0 radical (unpaired) electrons. The number of oxazole rings is 1. The summed E-state index contributed by atoms with van der Waals surface area (Å²) in [6.45, 7) is 3.14. The van der Waals surface area contributed by atoms with Gasteiger partial charge in [0.1, 0.15) is 5.82 Å². The van der Waals surface area contributed by atoms with E-state index in [9.17, 15) is 14.0 Å². The fraction of sp³-hybridized carbons (Fsp3) is 0.263. The van der Waals surface area contributed by atoms with Gasteiger partial charge >= 0.3 is 5.76 Å². The number of carbonyl (C=O) groups excluding carboxylic acids is 1. The molecule has 1 aromatic heterocycles. The average Bonchev–Trinajstić information content (AvgIpc) is 2.97. The van der Waals surface area contributed by atoms with Crippen LogP contribution in [0.4, 0.5) is 4.39 Å². The fourth-order valence-corrected chi connectivity index (χ4v) is 3.08. The summed E-state index contributed by atoms with van der Waals surface area (Å²) in [5.41, 5.74) is 1.17. The van der Waals surface area contributed by atoms with E-state index in [1.165, 1.54) is 28.8 Å². The van der Waals surface area contributed by atoms with Crippen molar-refractivity contribution in [1.82, 2.24) is 9.47 Å². The van der Waals surface area contributed by atoms with Crippen molar-refractivity contribution in [3.8, 4) is 0 Å². The Morgan fingerprint density at radius 2 is 1.88 bits per heavy atom. The highest BCUT2D eigenvalue weighted by Gasteiger charge is 2.18. The van der Waals surface area contributed by atoms with E-state index in [0.717, 1.165) is 13.1 Å². The van der Waals surface area contributed by atoms with Gasteiger partial charge in [-0.2, -0.15) is 0 Å². The molecule has 0 saturated carbocycles. The largest absolute Gasteiger partial charge is 0.421 e. The van der Waals surface area contributed by atoms with Gasteiger partial charge in [-0.25, -0.2) is 9.18 Å². The highest BCUT2D eigenvalue weighted by molar-refractivity contribution is 6.10. The first-order chi connectivity index (χ1) is 12.6. The van der Waals surface area contributed by atoms with Crippen LogP contribution in [0.5, 0.6) is 0 Å². The van der Waals surface area contributed by atoms with E-state index < -0.39 is 17.4 Å². The Hall–Kier alpha value is -2.77. The van der Waals surface area contributed by atoms with Crippen LogP contribution in [-0.4, -0.2) is 41.6 Å². The molecule has 26 heavy (non-hydrogen) atoms. The van der Waals surface area contributed by atoms with Gasteiger partial charge in [-0.05, 0) is 30.3 Å². The van der Waals surface area contributed by atoms with Crippen LogP contribution in [0.15, 0.2) is 51.7 Å². The molecule has 7 heteroatoms. The number of morpholine rings is 1. The number of halogens is 1. The lowest BCUT2D eigenvalue weighted by molar-refractivity contribution is 0.0230. The number of hydrogen-bond acceptors (Lipinski definition) is 5. The third kappa shape index (κ3) is 3.07. The minimum Gasteiger partial charge on any atom is -0.408 e. The second kappa shape index (κ2) is 6.86. The van der Waals surface area contributed by atoms with Crippen LogP contribution in [0.25, 0.3) is 11.1 Å². The summed E-state index contributed by atoms with van der Waals surface area (Å²) >= 11 is 0. The standard InChI is InChI=1S/C19H17FN2O4/c20-15-4-2-1-3-14(15)18(23)13-5-6-16-17(11-13)26-19(24)22(16)12-21-7-9-25-10-8-21/h1-6,11H,7-10,12H2. The van der Waals surface area contributed by atoms with Crippen LogP contribution < -0.4 is 5.76 Å². The summed E-state index contributed by atoms with van der Waals surface area (Å²) in [4.78, 5) is 26.8. The van der Waals surface area contributed by atoms with Gasteiger partial charge in [-0.15, -0.1) is 0 Å². The number of aromatic nitrogens is 1. The summed E-state index contributed by atoms with van der Waals surface area (Å²) in [6.07, 6.45) is 0. The molecule has 2 heterocycles. The zero-order valence-corrected chi connectivity index (χ0v) is 14.0. The minimum atomic E-state index is -0.580. The number of rotatable bonds is 4. The average molecular weight is 356 g/mol. The highest BCUT2D eigenvalue weighted by atomic mass is 19.1. The molecule has 0 N–H and O–H groups in total. The number of fused-ring (bicyclic) bond motifs is 1. The van der Waals surface area contributed by atoms with E-state index in [0.29, 0.717) is 31.0 Å². The van der Waals surface area contributed by atoms with Gasteiger partial charge in [-0.1, -0.05) is 12.1 Å². The Bertz CT molecular complexity index is 1020. The molecular formula is C19H17FN2O4. The molecule has 1 saturated heterocycles. The molecular weight excluding hydrogens is 339 g/mol. The van der Waals surface area contributed by atoms with E-state index >= 15 is 0 Å². The predicted molar refractivity (Wildman–Crippen MR) is 92.7 cm³/mol. The van der Waals surface area contributed by atoms with Gasteiger partial charge < -0.3 is 9.15 Å². The van der Waals surface area contributed by atoms with Crippen molar-refractivity contribution in [1.29, 1.82) is 0 Å². The van der Waals surface area contributed by atoms with E-state index in [2.05, 4.69) is 4.90 Å². The smallest absolute Gasteiger partial charge is 0.408 e. The predicted octanol–water partition coefficient (Wildman–Crippen LogP) is 2.25. The number of nitrogens with zero attached hydrogens (tertiary/aromatic N) is 2. The monoisotopic (exact) mass is 356 g/mol. The van der Waals surface area contributed by atoms with E-state index in [4.69, 9.17) is 9.15 Å². The van der Waals surface area contributed by atoms with Crippen molar-refractivity contribution in [2.45, 2.75) is 6.67 Å². The van der Waals surface area contributed by atoms with Crippen LogP contribution >= 0.6 is 0 Å². The molecule has 1 aliphatic rings. The summed E-state index contributed by atoms with van der Waals surface area (Å²) in [5.74, 6) is -1.51. The lowest BCUT2D eigenvalue weighted by Gasteiger charge is -2.26. The third-order valence-electron chi connectivity index (χ3n) is 4.49. The second-order valence-electron chi connectivity index (χ2n) is 6.16. The topological polar surface area (TPSA) is 64.7 Å². The third-order valence-corrected chi connectivity index (χ3v) is 4.49. The maximum absolute atomic E-state index is 13.9. The number of ether oxygens (including phenoxy) is 1. The van der Waals surface area contributed by atoms with Crippen LogP contribution in [0, 0.1) is 5.82 Å². The summed E-state index contributed by atoms with van der Waals surface area (Å²) in [6, 6.07) is 10.5. The quantitative estimate of drug-likeness (QED) is 0.671. The first kappa shape index (κ1) is 16.7. The zero-order valence-electron chi connectivity index (χ0n) is 14.0. The number of carbonyl (C=O) groups is 1. The van der Waals surface area contributed by atoms with Crippen LogP contribution in [0.3, 0.4) is 0 Å². The molecule has 1 aliphatic heterocycles. The van der Waals surface area contributed by atoms with Crippen LogP contribution in [-0.2, 0) is 11.4 Å². The SMILES string of the molecule is O=C(c1ccc2c(c1)oc(=O)n2CN1CCOCC1)c1ccccc1F. The molecule has 0 aliphatic carbocycles. The molecule has 0 bridgehead atoms. The van der Waals surface area contributed by atoms with Crippen molar-refractivity contribution in [2.24, 2.45) is 0 Å². The molecule has 134 valence electrons. The molecule has 1 fully saturated rings. The maximum Gasteiger partial charge on any atom is 0.421 e. The summed E-state index contributed by atoms with van der Waals surface area (Å²) in [5, 5.41) is 0. The Morgan fingerprint density at radius 3 is 2.65 bits per heavy atom. The van der Waals surface area contributed by atoms with Gasteiger partial charge in [-0.3, -0.25) is 14.3 Å². The van der Waals surface area contributed by atoms with Crippen LogP contribution in [0.1, 0.15) is 15.9 Å². The van der Waals surface area contributed by atoms with E-state index in [1.54, 1.807) is 18.2 Å². The lowest BCUT2D eigenvalue weighted by Crippen LogP contribution is -2.39.